The van der Waals surface area contributed by atoms with Gasteiger partial charge in [0.15, 0.2) is 5.65 Å². The van der Waals surface area contributed by atoms with Crippen LogP contribution in [-0.2, 0) is 10.0 Å². The minimum Gasteiger partial charge on any atom is -0.477 e. The number of nitrogens with one attached hydrogen (secondary N) is 2. The summed E-state index contributed by atoms with van der Waals surface area (Å²) in [5.74, 6) is -0.800. The summed E-state index contributed by atoms with van der Waals surface area (Å²) in [6.45, 7) is 0. The second-order valence-electron chi connectivity index (χ2n) is 5.81. The lowest BCUT2D eigenvalue weighted by molar-refractivity contribution is 0.0698. The molecule has 1 aromatic carbocycles. The Morgan fingerprint density at radius 3 is 2.79 bits per heavy atom. The lowest BCUT2D eigenvalue weighted by Crippen LogP contribution is -2.18. The van der Waals surface area contributed by atoms with Gasteiger partial charge in [-0.15, -0.1) is 0 Å². The Kier molecular flexibility index (Phi) is 4.17. The Balaban J connectivity index is 1.90. The van der Waals surface area contributed by atoms with Gasteiger partial charge < -0.3 is 10.4 Å². The van der Waals surface area contributed by atoms with Crippen LogP contribution in [0.3, 0.4) is 0 Å². The van der Waals surface area contributed by atoms with Crippen LogP contribution >= 0.6 is 0 Å². The number of rotatable bonds is 5. The van der Waals surface area contributed by atoms with Gasteiger partial charge in [0.25, 0.3) is 0 Å². The van der Waals surface area contributed by atoms with Crippen LogP contribution in [0, 0.1) is 0 Å². The van der Waals surface area contributed by atoms with E-state index in [1.54, 1.807) is 30.6 Å². The Labute approximate surface area is 158 Å². The predicted molar refractivity (Wildman–Crippen MR) is 101 cm³/mol. The maximum Gasteiger partial charge on any atom is 0.341 e. The van der Waals surface area contributed by atoms with Crippen molar-refractivity contribution in [3.8, 4) is 0 Å². The number of carboxylic acids is 1. The molecule has 0 aliphatic carbocycles. The molecular weight excluding hydrogens is 384 g/mol. The van der Waals surface area contributed by atoms with Gasteiger partial charge in [-0.1, -0.05) is 6.07 Å². The monoisotopic (exact) mass is 398 g/mol. The summed E-state index contributed by atoms with van der Waals surface area (Å²) in [6.07, 6.45) is 4.35. The van der Waals surface area contributed by atoms with Gasteiger partial charge in [0.2, 0.25) is 10.0 Å². The number of pyridine rings is 1. The van der Waals surface area contributed by atoms with E-state index in [0.717, 1.165) is 0 Å². The van der Waals surface area contributed by atoms with Gasteiger partial charge in [-0.05, 0) is 31.3 Å². The molecule has 0 unspecified atom stereocenters. The number of carboxylic acid groups (broad SMARTS) is 1. The van der Waals surface area contributed by atoms with Crippen LogP contribution in [0.2, 0.25) is 0 Å². The third-order valence-corrected chi connectivity index (χ3v) is 5.56. The minimum absolute atomic E-state index is 0.0553. The first-order valence-electron chi connectivity index (χ1n) is 8.06. The van der Waals surface area contributed by atoms with E-state index >= 15 is 0 Å². The summed E-state index contributed by atoms with van der Waals surface area (Å²) in [5, 5.41) is 17.2. The van der Waals surface area contributed by atoms with Crippen molar-refractivity contribution in [1.82, 2.24) is 24.3 Å². The van der Waals surface area contributed by atoms with Crippen molar-refractivity contribution in [2.75, 3.05) is 12.4 Å². The van der Waals surface area contributed by atoms with Gasteiger partial charge in [-0.2, -0.15) is 5.10 Å². The van der Waals surface area contributed by atoms with E-state index in [-0.39, 0.29) is 16.1 Å². The number of hydrogen-bond donors (Lipinski definition) is 3. The van der Waals surface area contributed by atoms with Crippen molar-refractivity contribution in [2.45, 2.75) is 4.90 Å². The molecule has 0 bridgehead atoms. The average molecular weight is 398 g/mol. The van der Waals surface area contributed by atoms with Gasteiger partial charge in [-0.3, -0.25) is 4.98 Å². The molecule has 0 atom stereocenters. The number of benzene rings is 1. The van der Waals surface area contributed by atoms with Crippen molar-refractivity contribution in [2.24, 2.45) is 0 Å². The molecule has 0 aliphatic heterocycles. The summed E-state index contributed by atoms with van der Waals surface area (Å²) in [4.78, 5) is 20.0. The van der Waals surface area contributed by atoms with E-state index in [9.17, 15) is 18.3 Å². The normalized spacial score (nSPS) is 11.8. The fraction of sp³-hybridized carbons (Fsp3) is 0.0588. The molecule has 10 nitrogen and oxygen atoms in total. The molecule has 28 heavy (non-hydrogen) atoms. The van der Waals surface area contributed by atoms with E-state index < -0.39 is 16.0 Å². The smallest absolute Gasteiger partial charge is 0.341 e. The summed E-state index contributed by atoms with van der Waals surface area (Å²) in [6, 6.07) is 7.91. The summed E-state index contributed by atoms with van der Waals surface area (Å²) < 4.78 is 27.7. The highest BCUT2D eigenvalue weighted by atomic mass is 32.2. The van der Waals surface area contributed by atoms with Gasteiger partial charge in [0.05, 0.1) is 22.8 Å². The second kappa shape index (κ2) is 6.55. The molecule has 3 N–H and O–H groups in total. The predicted octanol–water partition coefficient (Wildman–Crippen LogP) is 1.63. The Hall–Kier alpha value is -3.57. The van der Waals surface area contributed by atoms with Gasteiger partial charge in [0, 0.05) is 17.3 Å². The van der Waals surface area contributed by atoms with Crippen molar-refractivity contribution in [3.05, 3.63) is 54.5 Å². The highest BCUT2D eigenvalue weighted by Gasteiger charge is 2.18. The zero-order chi connectivity index (χ0) is 19.9. The topological polar surface area (TPSA) is 139 Å². The van der Waals surface area contributed by atoms with Crippen molar-refractivity contribution < 1.29 is 18.3 Å². The maximum atomic E-state index is 12.0. The Morgan fingerprint density at radius 2 is 2.04 bits per heavy atom. The van der Waals surface area contributed by atoms with Crippen LogP contribution in [0.4, 0.5) is 11.5 Å². The third kappa shape index (κ3) is 2.92. The number of carbonyl (C=O) groups is 1. The van der Waals surface area contributed by atoms with Gasteiger partial charge in [0.1, 0.15) is 11.4 Å². The zero-order valence-corrected chi connectivity index (χ0v) is 15.3. The Bertz CT molecular complexity index is 1330. The largest absolute Gasteiger partial charge is 0.477 e. The maximum absolute atomic E-state index is 12.0. The molecule has 3 aromatic heterocycles. The average Bonchev–Trinajstić information content (AvgIpc) is 3.13. The number of anilines is 2. The molecule has 4 rings (SSSR count). The second-order valence-corrected chi connectivity index (χ2v) is 7.70. The highest BCUT2D eigenvalue weighted by Crippen LogP contribution is 2.27. The van der Waals surface area contributed by atoms with Crippen LogP contribution in [0.15, 0.2) is 53.8 Å². The molecule has 3 heterocycles. The number of hydrogen-bond acceptors (Lipinski definition) is 7. The van der Waals surface area contributed by atoms with Gasteiger partial charge >= 0.3 is 5.97 Å². The van der Waals surface area contributed by atoms with Crippen LogP contribution in [0.25, 0.3) is 16.6 Å². The van der Waals surface area contributed by atoms with E-state index in [1.807, 2.05) is 0 Å². The highest BCUT2D eigenvalue weighted by molar-refractivity contribution is 7.89. The molecule has 11 heteroatoms. The molecule has 0 fully saturated rings. The molecule has 142 valence electrons. The van der Waals surface area contributed by atoms with Crippen LogP contribution in [-0.4, -0.2) is 46.1 Å². The standard InChI is InChI=1S/C17H14N6O4S/c1-18-28(26,27)11-4-2-3-10(7-11)21-15-12-5-6-19-9-14(12)23-16(22-15)13(8-20-23)17(24)25/h2-9,18H,1H3,(H,21,22)(H,24,25). The third-order valence-electron chi connectivity index (χ3n) is 4.15. The van der Waals surface area contributed by atoms with Gasteiger partial charge in [-0.25, -0.2) is 27.4 Å². The summed E-state index contributed by atoms with van der Waals surface area (Å²) in [5.41, 5.74) is 1.12. The minimum atomic E-state index is -3.61. The van der Waals surface area contributed by atoms with E-state index in [2.05, 4.69) is 25.1 Å². The first kappa shape index (κ1) is 17.8. The van der Waals surface area contributed by atoms with Crippen LogP contribution < -0.4 is 10.0 Å². The van der Waals surface area contributed by atoms with E-state index in [0.29, 0.717) is 22.4 Å². The van der Waals surface area contributed by atoms with E-state index in [1.165, 1.54) is 29.9 Å². The van der Waals surface area contributed by atoms with Crippen molar-refractivity contribution in [3.63, 3.8) is 0 Å². The first-order chi connectivity index (χ1) is 13.4. The molecule has 0 spiro atoms. The number of nitrogens with zero attached hydrogens (tertiary/aromatic N) is 4. The number of aromatic nitrogens is 4. The molecule has 0 saturated heterocycles. The number of fused-ring (bicyclic) bond motifs is 3. The van der Waals surface area contributed by atoms with Crippen molar-refractivity contribution in [1.29, 1.82) is 0 Å². The van der Waals surface area contributed by atoms with Crippen LogP contribution in [0.5, 0.6) is 0 Å². The van der Waals surface area contributed by atoms with Crippen LogP contribution in [0.1, 0.15) is 10.4 Å². The summed E-state index contributed by atoms with van der Waals surface area (Å²) >= 11 is 0. The molecule has 0 amide bonds. The fourth-order valence-corrected chi connectivity index (χ4v) is 3.56. The number of aromatic carboxylic acids is 1. The first-order valence-corrected chi connectivity index (χ1v) is 9.54. The lowest BCUT2D eigenvalue weighted by atomic mass is 10.2. The lowest BCUT2D eigenvalue weighted by Gasteiger charge is -2.11. The molecule has 0 radical (unpaired) electrons. The van der Waals surface area contributed by atoms with Crippen molar-refractivity contribution >= 4 is 44.0 Å². The fourth-order valence-electron chi connectivity index (χ4n) is 2.79. The molecule has 4 aromatic rings. The summed E-state index contributed by atoms with van der Waals surface area (Å²) in [7, 11) is -2.28. The zero-order valence-electron chi connectivity index (χ0n) is 14.5. The Morgan fingerprint density at radius 1 is 1.21 bits per heavy atom. The SMILES string of the molecule is CNS(=O)(=O)c1cccc(Nc2nc3c(C(=O)O)cnn3c3cnccc23)c1. The quantitative estimate of drug-likeness (QED) is 0.461. The molecule has 0 aliphatic rings. The molecule has 0 saturated carbocycles. The van der Waals surface area contributed by atoms with E-state index in [4.69, 9.17) is 0 Å². The molecular formula is C17H14N6O4S. The number of sulfonamides is 1.